The van der Waals surface area contributed by atoms with E-state index in [2.05, 4.69) is 13.8 Å². The van der Waals surface area contributed by atoms with Gasteiger partial charge < -0.3 is 9.67 Å². The second-order valence-electron chi connectivity index (χ2n) is 5.70. The van der Waals surface area contributed by atoms with Crippen molar-refractivity contribution in [3.05, 3.63) is 33.2 Å². The number of nitrogens with zero attached hydrogens (tertiary/aromatic N) is 1. The molecule has 4 heteroatoms. The Morgan fingerprint density at radius 2 is 2.05 bits per heavy atom. The van der Waals surface area contributed by atoms with Crippen LogP contribution in [-0.2, 0) is 19.4 Å². The number of aromatic nitrogens is 1. The summed E-state index contributed by atoms with van der Waals surface area (Å²) in [5.74, 6) is -0.585. The van der Waals surface area contributed by atoms with Crippen LogP contribution in [0.15, 0.2) is 11.0 Å². The van der Waals surface area contributed by atoms with Crippen LogP contribution in [0.1, 0.15) is 54.6 Å². The first-order valence-corrected chi connectivity index (χ1v) is 6.99. The van der Waals surface area contributed by atoms with Gasteiger partial charge in [0.25, 0.3) is 5.56 Å². The molecule has 2 rings (SSSR count). The molecule has 0 aliphatic heterocycles. The summed E-state index contributed by atoms with van der Waals surface area (Å²) in [5.41, 5.74) is 1.48. The molecule has 0 amide bonds. The number of pyridine rings is 1. The molecule has 1 aromatic heterocycles. The average Bonchev–Trinajstić information content (AvgIpc) is 2.35. The van der Waals surface area contributed by atoms with Gasteiger partial charge in [-0.05, 0) is 49.1 Å². The van der Waals surface area contributed by atoms with Crippen molar-refractivity contribution < 1.29 is 9.90 Å². The first-order valence-electron chi connectivity index (χ1n) is 6.99. The Kier molecular flexibility index (Phi) is 4.08. The molecule has 0 saturated carbocycles. The Balaban J connectivity index is 2.48. The van der Waals surface area contributed by atoms with E-state index in [0.29, 0.717) is 12.5 Å². The van der Waals surface area contributed by atoms with Crippen molar-refractivity contribution in [3.63, 3.8) is 0 Å². The van der Waals surface area contributed by atoms with Crippen LogP contribution in [0.25, 0.3) is 0 Å². The zero-order chi connectivity index (χ0) is 14.0. The highest BCUT2D eigenvalue weighted by molar-refractivity contribution is 5.89. The molecule has 1 aliphatic rings. The number of aromatic carboxylic acids is 1. The van der Waals surface area contributed by atoms with E-state index in [1.54, 1.807) is 4.57 Å². The van der Waals surface area contributed by atoms with E-state index in [-0.39, 0.29) is 11.1 Å². The van der Waals surface area contributed by atoms with Crippen LogP contribution in [0.3, 0.4) is 0 Å². The maximum Gasteiger partial charge on any atom is 0.341 e. The Morgan fingerprint density at radius 3 is 2.68 bits per heavy atom. The summed E-state index contributed by atoms with van der Waals surface area (Å²) in [4.78, 5) is 23.6. The SMILES string of the molecule is CC(C)CCn1cc2c(c(C(=O)O)c1=O)CCCC2. The van der Waals surface area contributed by atoms with Gasteiger partial charge in [-0.1, -0.05) is 13.8 Å². The van der Waals surface area contributed by atoms with Gasteiger partial charge in [0.15, 0.2) is 0 Å². The Hall–Kier alpha value is -1.58. The highest BCUT2D eigenvalue weighted by atomic mass is 16.4. The summed E-state index contributed by atoms with van der Waals surface area (Å²) in [5, 5.41) is 9.31. The molecule has 19 heavy (non-hydrogen) atoms. The summed E-state index contributed by atoms with van der Waals surface area (Å²) in [6, 6.07) is 0. The monoisotopic (exact) mass is 263 g/mol. The third-order valence-corrected chi connectivity index (χ3v) is 3.76. The number of aryl methyl sites for hydroxylation is 2. The van der Waals surface area contributed by atoms with Crippen molar-refractivity contribution in [3.8, 4) is 0 Å². The lowest BCUT2D eigenvalue weighted by atomic mass is 9.90. The van der Waals surface area contributed by atoms with E-state index < -0.39 is 5.97 Å². The third-order valence-electron chi connectivity index (χ3n) is 3.76. The van der Waals surface area contributed by atoms with Crippen molar-refractivity contribution in [1.29, 1.82) is 0 Å². The van der Waals surface area contributed by atoms with Crippen molar-refractivity contribution in [1.82, 2.24) is 4.57 Å². The smallest absolute Gasteiger partial charge is 0.341 e. The molecule has 0 fully saturated rings. The van der Waals surface area contributed by atoms with E-state index >= 15 is 0 Å². The molecule has 0 bridgehead atoms. The van der Waals surface area contributed by atoms with Gasteiger partial charge in [-0.2, -0.15) is 0 Å². The molecule has 104 valence electrons. The van der Waals surface area contributed by atoms with E-state index in [0.717, 1.165) is 43.2 Å². The van der Waals surface area contributed by atoms with Crippen LogP contribution in [0, 0.1) is 5.92 Å². The van der Waals surface area contributed by atoms with E-state index in [1.165, 1.54) is 0 Å². The molecule has 0 atom stereocenters. The molecule has 0 radical (unpaired) electrons. The van der Waals surface area contributed by atoms with Crippen molar-refractivity contribution >= 4 is 5.97 Å². The first kappa shape index (κ1) is 13.8. The van der Waals surface area contributed by atoms with Gasteiger partial charge in [-0.25, -0.2) is 4.79 Å². The standard InChI is InChI=1S/C15H21NO3/c1-10(2)7-8-16-9-11-5-3-4-6-12(11)13(14(16)17)15(18)19/h9-10H,3-8H2,1-2H3,(H,18,19). The number of rotatable bonds is 4. The van der Waals surface area contributed by atoms with E-state index in [1.807, 2.05) is 6.20 Å². The molecular formula is C15H21NO3. The molecule has 1 aromatic rings. The largest absolute Gasteiger partial charge is 0.477 e. The molecule has 0 unspecified atom stereocenters. The summed E-state index contributed by atoms with van der Waals surface area (Å²) in [6.45, 7) is 4.80. The number of carbonyl (C=O) groups is 1. The van der Waals surface area contributed by atoms with Gasteiger partial charge >= 0.3 is 5.97 Å². The fraction of sp³-hybridized carbons (Fsp3) is 0.600. The molecule has 1 heterocycles. The van der Waals surface area contributed by atoms with Crippen LogP contribution < -0.4 is 5.56 Å². The first-order chi connectivity index (χ1) is 9.00. The normalized spacial score (nSPS) is 14.5. The van der Waals surface area contributed by atoms with Crippen LogP contribution in [-0.4, -0.2) is 15.6 Å². The third kappa shape index (κ3) is 2.88. The van der Waals surface area contributed by atoms with Crippen LogP contribution in [0.5, 0.6) is 0 Å². The summed E-state index contributed by atoms with van der Waals surface area (Å²) >= 11 is 0. The zero-order valence-electron chi connectivity index (χ0n) is 11.6. The van der Waals surface area contributed by atoms with Crippen LogP contribution >= 0.6 is 0 Å². The van der Waals surface area contributed by atoms with Crippen molar-refractivity contribution in [2.75, 3.05) is 0 Å². The lowest BCUT2D eigenvalue weighted by molar-refractivity contribution is 0.0692. The summed E-state index contributed by atoms with van der Waals surface area (Å²) in [7, 11) is 0. The van der Waals surface area contributed by atoms with Gasteiger partial charge in [-0.15, -0.1) is 0 Å². The fourth-order valence-electron chi connectivity index (χ4n) is 2.66. The van der Waals surface area contributed by atoms with E-state index in [4.69, 9.17) is 0 Å². The minimum absolute atomic E-state index is 0.000885. The number of carboxylic acids is 1. The second kappa shape index (κ2) is 5.59. The Labute approximate surface area is 113 Å². The lowest BCUT2D eigenvalue weighted by Crippen LogP contribution is -2.30. The molecule has 1 aliphatic carbocycles. The maximum atomic E-state index is 12.3. The maximum absolute atomic E-state index is 12.3. The second-order valence-corrected chi connectivity index (χ2v) is 5.70. The minimum Gasteiger partial charge on any atom is -0.477 e. The van der Waals surface area contributed by atoms with Gasteiger partial charge in [0.1, 0.15) is 5.56 Å². The lowest BCUT2D eigenvalue weighted by Gasteiger charge is -2.20. The summed E-state index contributed by atoms with van der Waals surface area (Å²) < 4.78 is 1.59. The van der Waals surface area contributed by atoms with Crippen LogP contribution in [0.2, 0.25) is 0 Å². The highest BCUT2D eigenvalue weighted by Gasteiger charge is 2.22. The van der Waals surface area contributed by atoms with Gasteiger partial charge in [-0.3, -0.25) is 4.79 Å². The van der Waals surface area contributed by atoms with Crippen molar-refractivity contribution in [2.45, 2.75) is 52.5 Å². The fourth-order valence-corrected chi connectivity index (χ4v) is 2.66. The molecule has 0 spiro atoms. The van der Waals surface area contributed by atoms with Gasteiger partial charge in [0.05, 0.1) is 0 Å². The predicted molar refractivity (Wildman–Crippen MR) is 73.8 cm³/mol. The van der Waals surface area contributed by atoms with Gasteiger partial charge in [0.2, 0.25) is 0 Å². The summed E-state index contributed by atoms with van der Waals surface area (Å²) in [6.07, 6.45) is 6.43. The number of carboxylic acid groups (broad SMARTS) is 1. The number of hydrogen-bond acceptors (Lipinski definition) is 2. The predicted octanol–water partition coefficient (Wildman–Crippen LogP) is 2.47. The van der Waals surface area contributed by atoms with Gasteiger partial charge in [0, 0.05) is 12.7 Å². The average molecular weight is 263 g/mol. The Morgan fingerprint density at radius 1 is 1.37 bits per heavy atom. The number of fused-ring (bicyclic) bond motifs is 1. The molecular weight excluding hydrogens is 242 g/mol. The highest BCUT2D eigenvalue weighted by Crippen LogP contribution is 2.22. The van der Waals surface area contributed by atoms with Crippen molar-refractivity contribution in [2.24, 2.45) is 5.92 Å². The Bertz CT molecular complexity index is 543. The zero-order valence-corrected chi connectivity index (χ0v) is 11.6. The minimum atomic E-state index is -1.08. The molecule has 0 aromatic carbocycles. The van der Waals surface area contributed by atoms with Crippen LogP contribution in [0.4, 0.5) is 0 Å². The van der Waals surface area contributed by atoms with E-state index in [9.17, 15) is 14.7 Å². The topological polar surface area (TPSA) is 59.3 Å². The number of hydrogen-bond donors (Lipinski definition) is 1. The molecule has 0 saturated heterocycles. The quantitative estimate of drug-likeness (QED) is 0.907. The molecule has 4 nitrogen and oxygen atoms in total. The molecule has 1 N–H and O–H groups in total.